The van der Waals surface area contributed by atoms with Crippen molar-refractivity contribution >= 4 is 53.3 Å². The number of nitriles is 1. The molecule has 4 heterocycles. The summed E-state index contributed by atoms with van der Waals surface area (Å²) in [7, 11) is 1.55. The van der Waals surface area contributed by atoms with Crippen molar-refractivity contribution < 1.29 is 43.0 Å². The number of carbonyl (C=O) groups excluding carboxylic acids is 5. The molecule has 5 rings (SSSR count). The fourth-order valence-corrected chi connectivity index (χ4v) is 7.19. The van der Waals surface area contributed by atoms with Crippen molar-refractivity contribution in [3.63, 3.8) is 0 Å². The number of carbonyl (C=O) groups is 5. The molecule has 17 heteroatoms. The summed E-state index contributed by atoms with van der Waals surface area (Å²) in [6.07, 6.45) is 11.3. The molecule has 2 atom stereocenters. The van der Waals surface area contributed by atoms with Gasteiger partial charge in [-0.3, -0.25) is 29.4 Å². The Morgan fingerprint density at radius 1 is 1.16 bits per heavy atom. The van der Waals surface area contributed by atoms with Gasteiger partial charge in [-0.05, 0) is 68.7 Å². The highest BCUT2D eigenvalue weighted by molar-refractivity contribution is 8.00. The Labute approximate surface area is 327 Å². The van der Waals surface area contributed by atoms with E-state index in [9.17, 15) is 24.0 Å². The molecule has 292 valence electrons. The topological polar surface area (TPSA) is 201 Å². The van der Waals surface area contributed by atoms with Crippen LogP contribution < -0.4 is 15.4 Å². The maximum Gasteiger partial charge on any atom is 0.355 e. The van der Waals surface area contributed by atoms with E-state index in [1.54, 1.807) is 89.8 Å². The van der Waals surface area contributed by atoms with Gasteiger partial charge in [-0.1, -0.05) is 29.9 Å². The maximum absolute atomic E-state index is 13.9. The minimum absolute atomic E-state index is 0.0635. The van der Waals surface area contributed by atoms with Crippen molar-refractivity contribution in [2.45, 2.75) is 57.7 Å². The highest BCUT2D eigenvalue weighted by atomic mass is 32.2. The minimum atomic E-state index is -1.03. The van der Waals surface area contributed by atoms with Gasteiger partial charge >= 0.3 is 11.9 Å². The Balaban J connectivity index is 1.37. The molecule has 0 saturated carbocycles. The molecule has 3 amide bonds. The number of nitrogens with zero attached hydrogens (tertiary/aromatic N) is 5. The molecular weight excluding hydrogens is 743 g/mol. The van der Waals surface area contributed by atoms with Crippen molar-refractivity contribution in [2.75, 3.05) is 26.0 Å². The number of β-lactam (4-membered cyclic amide) rings is 1. The summed E-state index contributed by atoms with van der Waals surface area (Å²) in [5.74, 6) is -2.44. The van der Waals surface area contributed by atoms with Crippen LogP contribution in [0.15, 0.2) is 105 Å². The van der Waals surface area contributed by atoms with Crippen LogP contribution in [-0.2, 0) is 44.9 Å². The van der Waals surface area contributed by atoms with Crippen LogP contribution in [0.3, 0.4) is 0 Å². The SMILES string of the molecule is C=CC1=C(C(=O)NC#N)N=CC1=C1C=CN(CC2=C(C(=O)OCc3ccc(OC)cc3)N3C(=O)C(NC(=O)/C(CC(=O)OC(C)(C)C)=N/OCC)C3SC2)C=C1. The van der Waals surface area contributed by atoms with Crippen LogP contribution in [0.5, 0.6) is 5.75 Å². The van der Waals surface area contributed by atoms with Crippen LogP contribution in [0.25, 0.3) is 0 Å². The zero-order valence-electron chi connectivity index (χ0n) is 31.5. The first-order chi connectivity index (χ1) is 26.8. The quantitative estimate of drug-likeness (QED) is 0.0698. The van der Waals surface area contributed by atoms with Gasteiger partial charge in [0.1, 0.15) is 47.4 Å². The summed E-state index contributed by atoms with van der Waals surface area (Å²) < 4.78 is 16.3. The third-order valence-corrected chi connectivity index (χ3v) is 9.73. The molecule has 16 nitrogen and oxygen atoms in total. The molecule has 0 spiro atoms. The number of methoxy groups -OCH3 is 1. The van der Waals surface area contributed by atoms with Gasteiger partial charge < -0.3 is 29.3 Å². The smallest absolute Gasteiger partial charge is 0.355 e. The third-order valence-electron chi connectivity index (χ3n) is 8.39. The molecule has 1 saturated heterocycles. The lowest BCUT2D eigenvalue weighted by Gasteiger charge is -2.50. The van der Waals surface area contributed by atoms with E-state index in [-0.39, 0.29) is 36.9 Å². The fraction of sp³-hybridized carbons (Fsp3) is 0.333. The Kier molecular flexibility index (Phi) is 13.0. The highest BCUT2D eigenvalue weighted by Gasteiger charge is 2.54. The van der Waals surface area contributed by atoms with Crippen LogP contribution in [0.4, 0.5) is 0 Å². The van der Waals surface area contributed by atoms with Crippen LogP contribution >= 0.6 is 11.8 Å². The number of rotatable bonds is 14. The number of benzene rings is 1. The summed E-state index contributed by atoms with van der Waals surface area (Å²) in [5, 5.41) is 16.8. The average molecular weight is 784 g/mol. The Morgan fingerprint density at radius 3 is 2.50 bits per heavy atom. The predicted octanol–water partition coefficient (Wildman–Crippen LogP) is 3.28. The summed E-state index contributed by atoms with van der Waals surface area (Å²) in [4.78, 5) is 78.3. The van der Waals surface area contributed by atoms with Crippen molar-refractivity contribution in [1.29, 1.82) is 5.26 Å². The molecule has 1 fully saturated rings. The van der Waals surface area contributed by atoms with Crippen LogP contribution in [-0.4, -0.2) is 94.4 Å². The van der Waals surface area contributed by atoms with Crippen LogP contribution in [0.1, 0.15) is 39.7 Å². The first kappa shape index (κ1) is 40.8. The largest absolute Gasteiger partial charge is 0.497 e. The number of ether oxygens (including phenoxy) is 3. The fourth-order valence-electron chi connectivity index (χ4n) is 5.85. The number of allylic oxidation sites excluding steroid dienone is 6. The number of aliphatic imine (C=N–C) groups is 1. The van der Waals surface area contributed by atoms with Gasteiger partial charge in [0.15, 0.2) is 11.9 Å². The molecular formula is C39H41N7O9S. The van der Waals surface area contributed by atoms with Crippen molar-refractivity contribution in [1.82, 2.24) is 20.4 Å². The molecule has 0 bridgehead atoms. The number of nitrogens with one attached hydrogen (secondary N) is 2. The van der Waals surface area contributed by atoms with E-state index in [1.807, 2.05) is 4.90 Å². The molecule has 0 aliphatic carbocycles. The summed E-state index contributed by atoms with van der Waals surface area (Å²) in [6.45, 7) is 10.8. The summed E-state index contributed by atoms with van der Waals surface area (Å²) in [6, 6.07) is 5.97. The van der Waals surface area contributed by atoms with E-state index >= 15 is 0 Å². The number of amides is 3. The van der Waals surface area contributed by atoms with Gasteiger partial charge in [0, 0.05) is 42.1 Å². The highest BCUT2D eigenvalue weighted by Crippen LogP contribution is 2.41. The number of esters is 2. The molecule has 4 aliphatic rings. The number of hydrogen-bond donors (Lipinski definition) is 2. The Morgan fingerprint density at radius 2 is 1.88 bits per heavy atom. The van der Waals surface area contributed by atoms with Crippen molar-refractivity contribution in [3.8, 4) is 11.9 Å². The lowest BCUT2D eigenvalue weighted by atomic mass is 9.99. The minimum Gasteiger partial charge on any atom is -0.497 e. The first-order valence-corrected chi connectivity index (χ1v) is 18.5. The third kappa shape index (κ3) is 9.44. The van der Waals surface area contributed by atoms with Gasteiger partial charge in [0.05, 0.1) is 13.5 Å². The number of thioether (sulfide) groups is 1. The monoisotopic (exact) mass is 783 g/mol. The van der Waals surface area contributed by atoms with Gasteiger partial charge in [-0.15, -0.1) is 11.8 Å². The van der Waals surface area contributed by atoms with E-state index in [4.69, 9.17) is 24.3 Å². The predicted molar refractivity (Wildman–Crippen MR) is 206 cm³/mol. The number of oxime groups is 1. The standard InChI is InChI=1S/C39H41N7O9S/c1-7-27-28(18-41-31(27)35(49)42-22-40)24-13-15-45(16-14-24)19-25-21-56-37-32(43-34(48)29(44-54-8-2)17-30(47)55-39(3,4)5)36(50)46(37)33(25)38(51)53-20-23-9-11-26(52-6)12-10-23/h7,9-16,18,32,37H,1,8,17,19-21H2,2-6H3,(H,42,49)(H,43,48)/b44-29+. The lowest BCUT2D eigenvalue weighted by Crippen LogP contribution is -2.71. The molecule has 1 aromatic rings. The second-order valence-corrected chi connectivity index (χ2v) is 14.5. The lowest BCUT2D eigenvalue weighted by molar-refractivity contribution is -0.154. The van der Waals surface area contributed by atoms with Gasteiger partial charge in [-0.2, -0.15) is 5.26 Å². The van der Waals surface area contributed by atoms with E-state index in [0.29, 0.717) is 33.8 Å². The molecule has 2 N–H and O–H groups in total. The molecule has 56 heavy (non-hydrogen) atoms. The Hall–Kier alpha value is -6.41. The van der Waals surface area contributed by atoms with Gasteiger partial charge in [0.2, 0.25) is 0 Å². The normalized spacial score (nSPS) is 18.9. The average Bonchev–Trinajstić information content (AvgIpc) is 3.61. The molecule has 2 unspecified atom stereocenters. The molecule has 1 aromatic carbocycles. The zero-order valence-corrected chi connectivity index (χ0v) is 32.3. The van der Waals surface area contributed by atoms with E-state index < -0.39 is 53.1 Å². The van der Waals surface area contributed by atoms with Crippen molar-refractivity contribution in [3.05, 3.63) is 101 Å². The van der Waals surface area contributed by atoms with Crippen molar-refractivity contribution in [2.24, 2.45) is 10.1 Å². The molecule has 4 aliphatic heterocycles. The van der Waals surface area contributed by atoms with E-state index in [1.165, 1.54) is 29.0 Å². The second kappa shape index (κ2) is 17.8. The summed E-state index contributed by atoms with van der Waals surface area (Å²) >= 11 is 1.35. The van der Waals surface area contributed by atoms with Gasteiger partial charge in [0.25, 0.3) is 17.7 Å². The van der Waals surface area contributed by atoms with E-state index in [0.717, 1.165) is 5.57 Å². The van der Waals surface area contributed by atoms with Gasteiger partial charge in [-0.25, -0.2) is 9.79 Å². The summed E-state index contributed by atoms with van der Waals surface area (Å²) in [5.41, 5.74) is 2.20. The number of hydrogen-bond acceptors (Lipinski definition) is 14. The first-order valence-electron chi connectivity index (χ1n) is 17.4. The number of fused-ring (bicyclic) bond motifs is 1. The molecule has 0 aromatic heterocycles. The maximum atomic E-state index is 13.9. The second-order valence-electron chi connectivity index (χ2n) is 13.4. The Bertz CT molecular complexity index is 2050. The van der Waals surface area contributed by atoms with E-state index in [2.05, 4.69) is 27.4 Å². The zero-order chi connectivity index (χ0) is 40.6. The van der Waals surface area contributed by atoms with Crippen LogP contribution in [0.2, 0.25) is 0 Å². The molecule has 0 radical (unpaired) electrons. The van der Waals surface area contributed by atoms with Crippen LogP contribution in [0, 0.1) is 11.5 Å².